The van der Waals surface area contributed by atoms with Gasteiger partial charge in [0.1, 0.15) is 12.1 Å². The van der Waals surface area contributed by atoms with Crippen molar-refractivity contribution >= 4 is 36.3 Å². The molecule has 0 unspecified atom stereocenters. The molecule has 38 heavy (non-hydrogen) atoms. The molecule has 1 aliphatic carbocycles. The van der Waals surface area contributed by atoms with Crippen molar-refractivity contribution in [2.45, 2.75) is 102 Å². The number of nitrogens with two attached hydrogens (primary N) is 1. The van der Waals surface area contributed by atoms with Crippen molar-refractivity contribution in [3.8, 4) is 0 Å². The molecule has 3 aliphatic rings. The van der Waals surface area contributed by atoms with Gasteiger partial charge in [-0.1, -0.05) is 40.0 Å². The smallest absolute Gasteiger partial charge is 0.356 e. The van der Waals surface area contributed by atoms with Gasteiger partial charge in [-0.3, -0.25) is 19.2 Å². The van der Waals surface area contributed by atoms with E-state index < -0.39 is 52.8 Å². The second kappa shape index (κ2) is 11.6. The van der Waals surface area contributed by atoms with Crippen LogP contribution in [0.1, 0.15) is 72.1 Å². The summed E-state index contributed by atoms with van der Waals surface area (Å²) in [6, 6.07) is -3.08. The summed E-state index contributed by atoms with van der Waals surface area (Å²) >= 11 is 4.30. The summed E-state index contributed by atoms with van der Waals surface area (Å²) in [5.74, 6) is -3.85. The lowest BCUT2D eigenvalue weighted by Crippen LogP contribution is -2.60. The van der Waals surface area contributed by atoms with Crippen molar-refractivity contribution < 1.29 is 32.3 Å². The van der Waals surface area contributed by atoms with Crippen LogP contribution in [0.5, 0.6) is 0 Å². The molecular formula is C25H40F3N5O4S. The number of amides is 4. The third kappa shape index (κ3) is 7.13. The molecule has 0 aromatic carbocycles. The summed E-state index contributed by atoms with van der Waals surface area (Å²) < 4.78 is 39.3. The van der Waals surface area contributed by atoms with Crippen molar-refractivity contribution in [2.75, 3.05) is 13.1 Å². The van der Waals surface area contributed by atoms with E-state index >= 15 is 0 Å². The average Bonchev–Trinajstić information content (AvgIpc) is 3.38. The number of nitrogens with one attached hydrogen (secondary N) is 3. The molecular weight excluding hydrogens is 523 g/mol. The van der Waals surface area contributed by atoms with E-state index in [2.05, 4.69) is 23.3 Å². The molecule has 0 radical (unpaired) electrons. The molecule has 13 heteroatoms. The van der Waals surface area contributed by atoms with Gasteiger partial charge in [0.2, 0.25) is 17.7 Å². The van der Waals surface area contributed by atoms with Gasteiger partial charge >= 0.3 is 12.1 Å². The highest BCUT2D eigenvalue weighted by Gasteiger charge is 2.52. The number of halogens is 3. The first kappa shape index (κ1) is 30.5. The van der Waals surface area contributed by atoms with Crippen LogP contribution in [0.4, 0.5) is 13.2 Å². The van der Waals surface area contributed by atoms with Crippen molar-refractivity contribution in [1.29, 1.82) is 0 Å². The SMILES string of the molecule is CC(C)(C)[C@H](NC(=O)C(F)(F)F)C(=O)N1CC2(CCCCC2)C[C@H]1C(=O)N[C@@H](C[C@@H]1CCNC1=O)[C@@H](N)S. The number of nitrogens with zero attached hydrogens (tertiary/aromatic N) is 1. The number of hydrogen-bond acceptors (Lipinski definition) is 6. The lowest BCUT2D eigenvalue weighted by atomic mass is 9.72. The van der Waals surface area contributed by atoms with E-state index in [9.17, 15) is 32.3 Å². The van der Waals surface area contributed by atoms with E-state index in [1.807, 2.05) is 5.32 Å². The molecule has 2 saturated heterocycles. The van der Waals surface area contributed by atoms with E-state index in [1.165, 1.54) is 4.90 Å². The standard InChI is InChI=1S/C25H40F3N5O4S/c1-23(2,3)17(32-22(37)25(26,27)28)21(36)33-13-24(8-5-4-6-9-24)12-16(33)20(35)31-15(18(29)38)11-14-7-10-30-19(14)34/h14-18,38H,4-13,29H2,1-3H3,(H,30,34)(H,31,35)(H,32,37)/t14-,15-,16-,17+,18-/m0/s1. The molecule has 1 saturated carbocycles. The molecule has 5 N–H and O–H groups in total. The topological polar surface area (TPSA) is 134 Å². The fourth-order valence-corrected chi connectivity index (χ4v) is 6.15. The number of hydrogen-bond donors (Lipinski definition) is 5. The van der Waals surface area contributed by atoms with Crippen LogP contribution >= 0.6 is 12.6 Å². The van der Waals surface area contributed by atoms with Crippen LogP contribution in [0, 0.1) is 16.7 Å². The summed E-state index contributed by atoms with van der Waals surface area (Å²) in [5, 5.41) is 6.73. The Labute approximate surface area is 227 Å². The maximum absolute atomic E-state index is 13.8. The maximum atomic E-state index is 13.8. The molecule has 0 aromatic heterocycles. The molecule has 5 atom stereocenters. The van der Waals surface area contributed by atoms with Crippen LogP contribution in [0.3, 0.4) is 0 Å². The Morgan fingerprint density at radius 3 is 2.29 bits per heavy atom. The molecule has 216 valence electrons. The first-order chi connectivity index (χ1) is 17.5. The van der Waals surface area contributed by atoms with Crippen molar-refractivity contribution in [2.24, 2.45) is 22.5 Å². The van der Waals surface area contributed by atoms with Gasteiger partial charge in [0.25, 0.3) is 0 Å². The van der Waals surface area contributed by atoms with Crippen LogP contribution < -0.4 is 21.7 Å². The highest BCUT2D eigenvalue weighted by atomic mass is 32.1. The Morgan fingerprint density at radius 2 is 1.79 bits per heavy atom. The maximum Gasteiger partial charge on any atom is 0.471 e. The fourth-order valence-electron chi connectivity index (χ4n) is 5.95. The second-order valence-corrected chi connectivity index (χ2v) is 12.7. The Hall–Kier alpha value is -2.02. The van der Waals surface area contributed by atoms with E-state index in [1.54, 1.807) is 20.8 Å². The lowest BCUT2D eigenvalue weighted by molar-refractivity contribution is -0.176. The zero-order valence-electron chi connectivity index (χ0n) is 22.2. The minimum Gasteiger partial charge on any atom is -0.356 e. The molecule has 3 fully saturated rings. The average molecular weight is 564 g/mol. The predicted octanol–water partition coefficient (Wildman–Crippen LogP) is 1.86. The van der Waals surface area contributed by atoms with Crippen molar-refractivity contribution in [3.63, 3.8) is 0 Å². The minimum atomic E-state index is -5.15. The van der Waals surface area contributed by atoms with E-state index in [0.717, 1.165) is 32.1 Å². The van der Waals surface area contributed by atoms with Crippen molar-refractivity contribution in [1.82, 2.24) is 20.9 Å². The monoisotopic (exact) mass is 563 g/mol. The van der Waals surface area contributed by atoms with Gasteiger partial charge in [-0.15, -0.1) is 0 Å². The predicted molar refractivity (Wildman–Crippen MR) is 138 cm³/mol. The fraction of sp³-hybridized carbons (Fsp3) is 0.840. The molecule has 4 amide bonds. The van der Waals surface area contributed by atoms with Gasteiger partial charge in [0.15, 0.2) is 0 Å². The first-order valence-electron chi connectivity index (χ1n) is 13.2. The second-order valence-electron chi connectivity index (χ2n) is 12.1. The zero-order valence-corrected chi connectivity index (χ0v) is 23.1. The van der Waals surface area contributed by atoms with Crippen LogP contribution in [-0.4, -0.2) is 71.3 Å². The molecule has 1 spiro atoms. The summed E-state index contributed by atoms with van der Waals surface area (Å²) in [7, 11) is 0. The van der Waals surface area contributed by atoms with E-state index in [4.69, 9.17) is 5.73 Å². The zero-order chi connectivity index (χ0) is 28.5. The van der Waals surface area contributed by atoms with Crippen LogP contribution in [-0.2, 0) is 19.2 Å². The van der Waals surface area contributed by atoms with Gasteiger partial charge in [-0.25, -0.2) is 0 Å². The number of carbonyl (C=O) groups is 4. The van der Waals surface area contributed by atoms with Gasteiger partial charge in [-0.2, -0.15) is 25.8 Å². The number of carbonyl (C=O) groups excluding carboxylic acids is 4. The quantitative estimate of drug-likeness (QED) is 0.238. The number of alkyl halides is 3. The number of thiol groups is 1. The highest BCUT2D eigenvalue weighted by molar-refractivity contribution is 7.80. The Bertz CT molecular complexity index is 918. The van der Waals surface area contributed by atoms with Crippen LogP contribution in [0.15, 0.2) is 0 Å². The third-order valence-corrected chi connectivity index (χ3v) is 8.46. The Kier molecular flexibility index (Phi) is 9.33. The molecule has 9 nitrogen and oxygen atoms in total. The number of rotatable bonds is 7. The van der Waals surface area contributed by atoms with E-state index in [-0.39, 0.29) is 30.2 Å². The summed E-state index contributed by atoms with van der Waals surface area (Å²) in [6.07, 6.45) is 0.607. The minimum absolute atomic E-state index is 0.120. The molecule has 0 bridgehead atoms. The molecule has 2 heterocycles. The third-order valence-electron chi connectivity index (χ3n) is 8.10. The normalized spacial score (nSPS) is 26.0. The van der Waals surface area contributed by atoms with Crippen LogP contribution in [0.25, 0.3) is 0 Å². The Morgan fingerprint density at radius 1 is 1.16 bits per heavy atom. The molecule has 0 aromatic rings. The summed E-state index contributed by atoms with van der Waals surface area (Å²) in [5.41, 5.74) is 4.65. The lowest BCUT2D eigenvalue weighted by Gasteiger charge is -2.37. The number of likely N-dealkylation sites (tertiary alicyclic amines) is 1. The summed E-state index contributed by atoms with van der Waals surface area (Å²) in [4.78, 5) is 52.7. The molecule has 2 aliphatic heterocycles. The van der Waals surface area contributed by atoms with Crippen molar-refractivity contribution in [3.05, 3.63) is 0 Å². The van der Waals surface area contributed by atoms with Gasteiger partial charge < -0.3 is 26.6 Å². The van der Waals surface area contributed by atoms with Crippen LogP contribution in [0.2, 0.25) is 0 Å². The van der Waals surface area contributed by atoms with Gasteiger partial charge in [0.05, 0.1) is 11.4 Å². The summed E-state index contributed by atoms with van der Waals surface area (Å²) in [6.45, 7) is 5.46. The largest absolute Gasteiger partial charge is 0.471 e. The first-order valence-corrected chi connectivity index (χ1v) is 13.8. The van der Waals surface area contributed by atoms with E-state index in [0.29, 0.717) is 19.4 Å². The van der Waals surface area contributed by atoms with Gasteiger partial charge in [-0.05, 0) is 42.9 Å². The van der Waals surface area contributed by atoms with Gasteiger partial charge in [0, 0.05) is 19.0 Å². The molecule has 3 rings (SSSR count). The highest BCUT2D eigenvalue weighted by Crippen LogP contribution is 2.47. The Balaban J connectivity index is 1.86.